The second-order valence-corrected chi connectivity index (χ2v) is 13.2. The van der Waals surface area contributed by atoms with Crippen molar-refractivity contribution in [3.63, 3.8) is 0 Å². The monoisotopic (exact) mass is 629 g/mol. The number of para-hydroxylation sites is 1. The molecule has 2 heteroatoms. The van der Waals surface area contributed by atoms with Crippen molar-refractivity contribution < 1.29 is 0 Å². The van der Waals surface area contributed by atoms with Gasteiger partial charge in [0.1, 0.15) is 0 Å². The summed E-state index contributed by atoms with van der Waals surface area (Å²) in [4.78, 5) is 2.33. The molecule has 0 unspecified atom stereocenters. The van der Waals surface area contributed by atoms with Crippen molar-refractivity contribution in [2.75, 3.05) is 4.90 Å². The Hall–Kier alpha value is -5.96. The Balaban J connectivity index is 1.09. The first-order valence-electron chi connectivity index (χ1n) is 16.3. The van der Waals surface area contributed by atoms with E-state index in [1.54, 1.807) is 0 Å². The highest BCUT2D eigenvalue weighted by Crippen LogP contribution is 2.43. The van der Waals surface area contributed by atoms with Crippen LogP contribution in [0, 0.1) is 0 Å². The first-order chi connectivity index (χ1) is 23.8. The highest BCUT2D eigenvalue weighted by atomic mass is 32.1. The summed E-state index contributed by atoms with van der Waals surface area (Å²) in [6, 6.07) is 68.0. The van der Waals surface area contributed by atoms with E-state index >= 15 is 0 Å². The van der Waals surface area contributed by atoms with Crippen LogP contribution in [0.5, 0.6) is 0 Å². The molecule has 1 nitrogen and oxygen atoms in total. The van der Waals surface area contributed by atoms with E-state index < -0.39 is 0 Å². The molecular weight excluding hydrogens is 599 g/mol. The average Bonchev–Trinajstić information content (AvgIpc) is 3.55. The molecule has 0 saturated carbocycles. The average molecular weight is 630 g/mol. The summed E-state index contributed by atoms with van der Waals surface area (Å²) in [6.45, 7) is 0. The van der Waals surface area contributed by atoms with Gasteiger partial charge in [0.05, 0.1) is 0 Å². The Morgan fingerprint density at radius 2 is 0.896 bits per heavy atom. The molecule has 8 aromatic carbocycles. The van der Waals surface area contributed by atoms with Gasteiger partial charge in [-0.15, -0.1) is 11.3 Å². The Kier molecular flexibility index (Phi) is 7.07. The molecule has 0 radical (unpaired) electrons. The van der Waals surface area contributed by atoms with Gasteiger partial charge in [-0.3, -0.25) is 0 Å². The predicted octanol–water partition coefficient (Wildman–Crippen LogP) is 13.7. The summed E-state index contributed by atoms with van der Waals surface area (Å²) >= 11 is 1.88. The molecule has 48 heavy (non-hydrogen) atoms. The number of hydrogen-bond donors (Lipinski definition) is 0. The zero-order valence-electron chi connectivity index (χ0n) is 26.3. The lowest BCUT2D eigenvalue weighted by Gasteiger charge is -2.26. The standard InChI is InChI=1S/C46H31NS/c1-2-13-37(14-3-1)47(38-27-23-33(24-28-38)36-22-21-32-11-4-5-12-35(32)31-36)39-29-25-34(26-30-39)40-15-6-7-16-41(40)43-18-10-19-44-42-17-8-9-20-45(42)48-46(43)44/h1-31H. The van der Waals surface area contributed by atoms with Crippen LogP contribution in [-0.4, -0.2) is 0 Å². The van der Waals surface area contributed by atoms with Crippen molar-refractivity contribution in [2.24, 2.45) is 0 Å². The third-order valence-corrected chi connectivity index (χ3v) is 10.5. The summed E-state index contributed by atoms with van der Waals surface area (Å²) in [5.41, 5.74) is 10.8. The summed E-state index contributed by atoms with van der Waals surface area (Å²) in [6.07, 6.45) is 0. The van der Waals surface area contributed by atoms with E-state index in [-0.39, 0.29) is 0 Å². The molecule has 226 valence electrons. The summed E-state index contributed by atoms with van der Waals surface area (Å²) in [5.74, 6) is 0. The van der Waals surface area contributed by atoms with Crippen LogP contribution in [0.15, 0.2) is 188 Å². The molecule has 9 rings (SSSR count). The Labute approximate surface area is 284 Å². The van der Waals surface area contributed by atoms with Crippen molar-refractivity contribution in [3.05, 3.63) is 188 Å². The van der Waals surface area contributed by atoms with Gasteiger partial charge in [-0.25, -0.2) is 0 Å². The first kappa shape index (κ1) is 28.3. The Morgan fingerprint density at radius 3 is 1.69 bits per heavy atom. The lowest BCUT2D eigenvalue weighted by molar-refractivity contribution is 1.28. The van der Waals surface area contributed by atoms with Gasteiger partial charge in [-0.05, 0) is 87.1 Å². The van der Waals surface area contributed by atoms with Gasteiger partial charge in [0.25, 0.3) is 0 Å². The van der Waals surface area contributed by atoms with Crippen LogP contribution >= 0.6 is 11.3 Å². The number of hydrogen-bond acceptors (Lipinski definition) is 2. The third kappa shape index (κ3) is 5.04. The number of fused-ring (bicyclic) bond motifs is 4. The van der Waals surface area contributed by atoms with Crippen molar-refractivity contribution in [1.82, 2.24) is 0 Å². The minimum absolute atomic E-state index is 1.12. The quantitative estimate of drug-likeness (QED) is 0.177. The fourth-order valence-electron chi connectivity index (χ4n) is 6.92. The van der Waals surface area contributed by atoms with Gasteiger partial charge >= 0.3 is 0 Å². The van der Waals surface area contributed by atoms with Crippen LogP contribution in [0.25, 0.3) is 64.3 Å². The van der Waals surface area contributed by atoms with Gasteiger partial charge in [-0.2, -0.15) is 0 Å². The van der Waals surface area contributed by atoms with E-state index in [0.717, 1.165) is 17.1 Å². The maximum Gasteiger partial charge on any atom is 0.0462 e. The topological polar surface area (TPSA) is 3.24 Å². The largest absolute Gasteiger partial charge is 0.311 e. The maximum atomic E-state index is 2.33. The number of thiophene rings is 1. The van der Waals surface area contributed by atoms with E-state index in [0.29, 0.717) is 0 Å². The Morgan fingerprint density at radius 1 is 0.333 bits per heavy atom. The number of rotatable bonds is 6. The van der Waals surface area contributed by atoms with E-state index in [9.17, 15) is 0 Å². The van der Waals surface area contributed by atoms with Crippen molar-refractivity contribution in [2.45, 2.75) is 0 Å². The van der Waals surface area contributed by atoms with Crippen molar-refractivity contribution in [1.29, 1.82) is 0 Å². The van der Waals surface area contributed by atoms with Crippen LogP contribution in [0.1, 0.15) is 0 Å². The first-order valence-corrected chi connectivity index (χ1v) is 17.2. The normalized spacial score (nSPS) is 11.3. The summed E-state index contributed by atoms with van der Waals surface area (Å²) in [7, 11) is 0. The molecule has 0 aliphatic rings. The van der Waals surface area contributed by atoms with Gasteiger partial charge in [-0.1, -0.05) is 140 Å². The molecule has 0 atom stereocenters. The van der Waals surface area contributed by atoms with Crippen LogP contribution in [0.2, 0.25) is 0 Å². The molecule has 0 aliphatic carbocycles. The van der Waals surface area contributed by atoms with Gasteiger partial charge in [0, 0.05) is 42.8 Å². The predicted molar refractivity (Wildman–Crippen MR) is 208 cm³/mol. The van der Waals surface area contributed by atoms with E-state index in [4.69, 9.17) is 0 Å². The lowest BCUT2D eigenvalue weighted by atomic mass is 9.93. The highest BCUT2D eigenvalue weighted by Gasteiger charge is 2.16. The van der Waals surface area contributed by atoms with Gasteiger partial charge in [0.15, 0.2) is 0 Å². The smallest absolute Gasteiger partial charge is 0.0462 e. The number of benzene rings is 8. The Bertz CT molecular complexity index is 2540. The molecule has 0 aliphatic heterocycles. The van der Waals surface area contributed by atoms with Gasteiger partial charge in [0.2, 0.25) is 0 Å². The van der Waals surface area contributed by atoms with Crippen LogP contribution in [0.4, 0.5) is 17.1 Å². The third-order valence-electron chi connectivity index (χ3n) is 9.28. The van der Waals surface area contributed by atoms with E-state index in [2.05, 4.69) is 193 Å². The number of nitrogens with zero attached hydrogens (tertiary/aromatic N) is 1. The zero-order valence-corrected chi connectivity index (χ0v) is 27.1. The lowest BCUT2D eigenvalue weighted by Crippen LogP contribution is -2.09. The second-order valence-electron chi connectivity index (χ2n) is 12.2. The zero-order chi connectivity index (χ0) is 31.9. The van der Waals surface area contributed by atoms with E-state index in [1.807, 2.05) is 11.3 Å². The van der Waals surface area contributed by atoms with Crippen molar-refractivity contribution in [3.8, 4) is 33.4 Å². The molecule has 0 bridgehead atoms. The fraction of sp³-hybridized carbons (Fsp3) is 0. The molecular formula is C46H31NS. The molecule has 0 amide bonds. The van der Waals surface area contributed by atoms with Crippen LogP contribution < -0.4 is 4.90 Å². The molecule has 0 saturated heterocycles. The molecule has 1 heterocycles. The highest BCUT2D eigenvalue weighted by molar-refractivity contribution is 7.26. The fourth-order valence-corrected chi connectivity index (χ4v) is 8.15. The molecule has 0 spiro atoms. The minimum atomic E-state index is 1.12. The second kappa shape index (κ2) is 12.0. The molecule has 0 N–H and O–H groups in total. The van der Waals surface area contributed by atoms with Crippen LogP contribution in [0.3, 0.4) is 0 Å². The molecule has 0 fully saturated rings. The minimum Gasteiger partial charge on any atom is -0.311 e. The van der Waals surface area contributed by atoms with E-state index in [1.165, 1.54) is 64.3 Å². The number of anilines is 3. The van der Waals surface area contributed by atoms with Crippen molar-refractivity contribution >= 4 is 59.3 Å². The summed E-state index contributed by atoms with van der Waals surface area (Å²) < 4.78 is 2.67. The molecule has 1 aromatic heterocycles. The maximum absolute atomic E-state index is 2.33. The SMILES string of the molecule is c1ccc(N(c2ccc(-c3ccc4ccccc4c3)cc2)c2ccc(-c3ccccc3-c3cccc4c3sc3ccccc34)cc2)cc1. The molecule has 9 aromatic rings. The van der Waals surface area contributed by atoms with Crippen LogP contribution in [-0.2, 0) is 0 Å². The summed E-state index contributed by atoms with van der Waals surface area (Å²) in [5, 5.41) is 5.17. The van der Waals surface area contributed by atoms with Gasteiger partial charge < -0.3 is 4.90 Å².